The van der Waals surface area contributed by atoms with E-state index >= 15 is 0 Å². The van der Waals surface area contributed by atoms with E-state index in [1.807, 2.05) is 25.1 Å². The quantitative estimate of drug-likeness (QED) is 0.844. The summed E-state index contributed by atoms with van der Waals surface area (Å²) in [6.45, 7) is 4.71. The maximum Gasteiger partial charge on any atom is 0.0965 e. The molecule has 2 atom stereocenters. The highest BCUT2D eigenvalue weighted by Gasteiger charge is 2.20. The van der Waals surface area contributed by atoms with Crippen LogP contribution in [0.1, 0.15) is 31.7 Å². The summed E-state index contributed by atoms with van der Waals surface area (Å²) < 4.78 is 6.79. The third kappa shape index (κ3) is 3.75. The standard InChI is InChI=1S/C15H21NO2S/c1-3-7-13(18-4-2)12(17)10-15-16-11-8-5-6-9-14(11)19-15/h5-6,8-9,12-13,17H,3-4,7,10H2,1-2H3. The topological polar surface area (TPSA) is 42.4 Å². The van der Waals surface area contributed by atoms with Crippen molar-refractivity contribution >= 4 is 21.6 Å². The van der Waals surface area contributed by atoms with E-state index in [0.717, 1.165) is 23.4 Å². The predicted molar refractivity (Wildman–Crippen MR) is 79.7 cm³/mol. The number of ether oxygens (including phenoxy) is 1. The van der Waals surface area contributed by atoms with Crippen molar-refractivity contribution in [2.24, 2.45) is 0 Å². The molecule has 0 spiro atoms. The van der Waals surface area contributed by atoms with Crippen molar-refractivity contribution in [2.45, 2.75) is 45.3 Å². The van der Waals surface area contributed by atoms with Gasteiger partial charge in [-0.15, -0.1) is 11.3 Å². The van der Waals surface area contributed by atoms with Gasteiger partial charge >= 0.3 is 0 Å². The number of benzene rings is 1. The van der Waals surface area contributed by atoms with E-state index in [9.17, 15) is 5.11 Å². The highest BCUT2D eigenvalue weighted by molar-refractivity contribution is 7.18. The maximum absolute atomic E-state index is 10.3. The molecule has 1 aromatic carbocycles. The van der Waals surface area contributed by atoms with Gasteiger partial charge in [0.05, 0.1) is 27.4 Å². The Hall–Kier alpha value is -0.970. The molecule has 0 bridgehead atoms. The summed E-state index contributed by atoms with van der Waals surface area (Å²) in [6, 6.07) is 8.08. The van der Waals surface area contributed by atoms with Gasteiger partial charge in [0.2, 0.25) is 0 Å². The fraction of sp³-hybridized carbons (Fsp3) is 0.533. The third-order valence-corrected chi connectivity index (χ3v) is 4.16. The molecule has 104 valence electrons. The van der Waals surface area contributed by atoms with Crippen molar-refractivity contribution in [1.29, 1.82) is 0 Å². The Morgan fingerprint density at radius 2 is 2.11 bits per heavy atom. The lowest BCUT2D eigenvalue weighted by Crippen LogP contribution is -2.30. The van der Waals surface area contributed by atoms with Gasteiger partial charge in [0, 0.05) is 13.0 Å². The van der Waals surface area contributed by atoms with Crippen LogP contribution in [-0.4, -0.2) is 28.9 Å². The summed E-state index contributed by atoms with van der Waals surface area (Å²) in [5, 5.41) is 11.3. The highest BCUT2D eigenvalue weighted by atomic mass is 32.1. The maximum atomic E-state index is 10.3. The van der Waals surface area contributed by atoms with E-state index in [1.54, 1.807) is 11.3 Å². The molecule has 1 heterocycles. The van der Waals surface area contributed by atoms with E-state index in [-0.39, 0.29) is 6.10 Å². The first-order valence-corrected chi connectivity index (χ1v) is 7.70. The minimum atomic E-state index is -0.472. The number of para-hydroxylation sites is 1. The van der Waals surface area contributed by atoms with Gasteiger partial charge in [-0.1, -0.05) is 25.5 Å². The van der Waals surface area contributed by atoms with Gasteiger partial charge < -0.3 is 9.84 Å². The molecular weight excluding hydrogens is 258 g/mol. The number of aliphatic hydroxyl groups excluding tert-OH is 1. The van der Waals surface area contributed by atoms with Crippen LogP contribution in [0.25, 0.3) is 10.2 Å². The largest absolute Gasteiger partial charge is 0.390 e. The Morgan fingerprint density at radius 1 is 1.32 bits per heavy atom. The summed E-state index contributed by atoms with van der Waals surface area (Å²) in [5.74, 6) is 0. The Labute approximate surface area is 118 Å². The average Bonchev–Trinajstić information content (AvgIpc) is 2.80. The molecule has 4 heteroatoms. The van der Waals surface area contributed by atoms with Crippen molar-refractivity contribution in [1.82, 2.24) is 4.98 Å². The Kier molecular flexibility index (Phi) is 5.31. The third-order valence-electron chi connectivity index (χ3n) is 3.11. The van der Waals surface area contributed by atoms with E-state index in [1.165, 1.54) is 4.70 Å². The van der Waals surface area contributed by atoms with E-state index in [4.69, 9.17) is 4.74 Å². The smallest absolute Gasteiger partial charge is 0.0965 e. The predicted octanol–water partition coefficient (Wildman–Crippen LogP) is 3.40. The molecular formula is C15H21NO2S. The van der Waals surface area contributed by atoms with E-state index in [0.29, 0.717) is 13.0 Å². The number of thiazole rings is 1. The molecule has 0 amide bonds. The van der Waals surface area contributed by atoms with Crippen LogP contribution in [0.5, 0.6) is 0 Å². The molecule has 0 saturated carbocycles. The van der Waals surface area contributed by atoms with Crippen molar-refractivity contribution in [2.75, 3.05) is 6.61 Å². The van der Waals surface area contributed by atoms with Crippen molar-refractivity contribution in [3.05, 3.63) is 29.3 Å². The average molecular weight is 279 g/mol. The highest BCUT2D eigenvalue weighted by Crippen LogP contribution is 2.23. The number of aromatic nitrogens is 1. The van der Waals surface area contributed by atoms with Gasteiger partial charge in [-0.25, -0.2) is 4.98 Å². The monoisotopic (exact) mass is 279 g/mol. The fourth-order valence-electron chi connectivity index (χ4n) is 2.20. The lowest BCUT2D eigenvalue weighted by Gasteiger charge is -2.21. The minimum Gasteiger partial charge on any atom is -0.390 e. The number of nitrogens with zero attached hydrogens (tertiary/aromatic N) is 1. The SMILES string of the molecule is CCCC(OCC)C(O)Cc1nc2ccccc2s1. The molecule has 0 saturated heterocycles. The second-order valence-corrected chi connectivity index (χ2v) is 5.74. The lowest BCUT2D eigenvalue weighted by atomic mass is 10.1. The summed E-state index contributed by atoms with van der Waals surface area (Å²) in [5.41, 5.74) is 1.01. The zero-order chi connectivity index (χ0) is 13.7. The van der Waals surface area contributed by atoms with Gasteiger partial charge in [-0.2, -0.15) is 0 Å². The van der Waals surface area contributed by atoms with Crippen LogP contribution in [-0.2, 0) is 11.2 Å². The second-order valence-electron chi connectivity index (χ2n) is 4.63. The summed E-state index contributed by atoms with van der Waals surface area (Å²) in [6.07, 6.45) is 1.92. The van der Waals surface area contributed by atoms with Crippen LogP contribution < -0.4 is 0 Å². The first kappa shape index (κ1) is 14.4. The lowest BCUT2D eigenvalue weighted by molar-refractivity contribution is -0.0363. The minimum absolute atomic E-state index is 0.0815. The van der Waals surface area contributed by atoms with Crippen molar-refractivity contribution < 1.29 is 9.84 Å². The molecule has 0 aliphatic carbocycles. The van der Waals surface area contributed by atoms with Crippen LogP contribution in [0.2, 0.25) is 0 Å². The van der Waals surface area contributed by atoms with Crippen LogP contribution in [0, 0.1) is 0 Å². The van der Waals surface area contributed by atoms with Crippen LogP contribution in [0.15, 0.2) is 24.3 Å². The van der Waals surface area contributed by atoms with Crippen LogP contribution in [0.4, 0.5) is 0 Å². The molecule has 2 rings (SSSR count). The first-order chi connectivity index (χ1) is 9.24. The molecule has 2 aromatic rings. The molecule has 0 aliphatic rings. The Bertz CT molecular complexity index is 473. The molecule has 1 N–H and O–H groups in total. The molecule has 2 unspecified atom stereocenters. The van der Waals surface area contributed by atoms with Gasteiger partial charge in [-0.05, 0) is 25.5 Å². The Balaban J connectivity index is 2.05. The molecule has 1 aromatic heterocycles. The molecule has 0 fully saturated rings. The fourth-order valence-corrected chi connectivity index (χ4v) is 3.22. The zero-order valence-electron chi connectivity index (χ0n) is 11.5. The van der Waals surface area contributed by atoms with Crippen LogP contribution >= 0.6 is 11.3 Å². The number of hydrogen-bond acceptors (Lipinski definition) is 4. The van der Waals surface area contributed by atoms with E-state index in [2.05, 4.69) is 18.0 Å². The number of rotatable bonds is 7. The number of hydrogen-bond donors (Lipinski definition) is 1. The summed E-state index contributed by atoms with van der Waals surface area (Å²) >= 11 is 1.65. The van der Waals surface area contributed by atoms with Gasteiger partial charge in [0.25, 0.3) is 0 Å². The number of fused-ring (bicyclic) bond motifs is 1. The molecule has 3 nitrogen and oxygen atoms in total. The van der Waals surface area contributed by atoms with Crippen LogP contribution in [0.3, 0.4) is 0 Å². The number of aliphatic hydroxyl groups is 1. The molecule has 0 radical (unpaired) electrons. The molecule has 19 heavy (non-hydrogen) atoms. The van der Waals surface area contributed by atoms with Crippen molar-refractivity contribution in [3.63, 3.8) is 0 Å². The summed E-state index contributed by atoms with van der Waals surface area (Å²) in [4.78, 5) is 4.56. The van der Waals surface area contributed by atoms with Gasteiger partial charge in [-0.3, -0.25) is 0 Å². The summed E-state index contributed by atoms with van der Waals surface area (Å²) in [7, 11) is 0. The van der Waals surface area contributed by atoms with E-state index < -0.39 is 6.10 Å². The molecule has 0 aliphatic heterocycles. The van der Waals surface area contributed by atoms with Crippen molar-refractivity contribution in [3.8, 4) is 0 Å². The zero-order valence-corrected chi connectivity index (χ0v) is 12.3. The second kappa shape index (κ2) is 6.98. The van der Waals surface area contributed by atoms with Gasteiger partial charge in [0.15, 0.2) is 0 Å². The van der Waals surface area contributed by atoms with Gasteiger partial charge in [0.1, 0.15) is 0 Å². The first-order valence-electron chi connectivity index (χ1n) is 6.88. The normalized spacial score (nSPS) is 14.7. The Morgan fingerprint density at radius 3 is 2.79 bits per heavy atom.